The van der Waals surface area contributed by atoms with Gasteiger partial charge in [0.05, 0.1) is 24.8 Å². The number of quaternary nitrogens is 2. The zero-order valence-corrected chi connectivity index (χ0v) is 13.1. The van der Waals surface area contributed by atoms with E-state index in [0.717, 1.165) is 16.9 Å². The van der Waals surface area contributed by atoms with Gasteiger partial charge in [0, 0.05) is 11.8 Å². The Bertz CT molecular complexity index is 750. The molecular formula is C15H20N6O2+2. The van der Waals surface area contributed by atoms with Gasteiger partial charge in [0.15, 0.2) is 6.54 Å². The summed E-state index contributed by atoms with van der Waals surface area (Å²) in [5.74, 6) is 0.455. The second-order valence-corrected chi connectivity index (χ2v) is 4.95. The number of rotatable bonds is 7. The van der Waals surface area contributed by atoms with Crippen molar-refractivity contribution in [1.82, 2.24) is 9.55 Å². The van der Waals surface area contributed by atoms with Crippen LogP contribution in [-0.4, -0.2) is 29.1 Å². The van der Waals surface area contributed by atoms with Gasteiger partial charge in [-0.3, -0.25) is 5.73 Å². The van der Waals surface area contributed by atoms with E-state index in [2.05, 4.69) is 15.8 Å². The molecule has 2 aromatic rings. The summed E-state index contributed by atoms with van der Waals surface area (Å²) < 4.78 is 7.30. The molecule has 0 saturated carbocycles. The zero-order valence-electron chi connectivity index (χ0n) is 13.1. The highest BCUT2D eigenvalue weighted by atomic mass is 16.5. The Morgan fingerprint density at radius 2 is 2.35 bits per heavy atom. The number of nitrogens with two attached hydrogens (primary N) is 1. The normalized spacial score (nSPS) is 11.3. The molecule has 1 heterocycles. The van der Waals surface area contributed by atoms with Gasteiger partial charge in [-0.2, -0.15) is 5.11 Å². The number of aryl methyl sites for hydroxylation is 1. The number of imidazole rings is 1. The molecule has 0 aliphatic carbocycles. The number of hydrogen-bond donors (Lipinski definition) is 3. The van der Waals surface area contributed by atoms with Gasteiger partial charge in [0.2, 0.25) is 0 Å². The number of benzene rings is 1. The number of hydrogen-bond acceptors (Lipinski definition) is 5. The first-order valence-electron chi connectivity index (χ1n) is 7.00. The minimum Gasteiger partial charge on any atom is -0.495 e. The van der Waals surface area contributed by atoms with Crippen LogP contribution in [0.2, 0.25) is 0 Å². The van der Waals surface area contributed by atoms with Crippen molar-refractivity contribution in [2.75, 3.05) is 13.7 Å². The predicted octanol–water partition coefficient (Wildman–Crippen LogP) is -0.149. The van der Waals surface area contributed by atoms with Crippen LogP contribution >= 0.6 is 0 Å². The second-order valence-electron chi connectivity index (χ2n) is 4.95. The van der Waals surface area contributed by atoms with Gasteiger partial charge >= 0.3 is 5.91 Å². The van der Waals surface area contributed by atoms with Crippen LogP contribution in [0.1, 0.15) is 11.3 Å². The van der Waals surface area contributed by atoms with Crippen LogP contribution in [0.15, 0.2) is 42.0 Å². The highest BCUT2D eigenvalue weighted by Crippen LogP contribution is 2.27. The summed E-state index contributed by atoms with van der Waals surface area (Å²) >= 11 is 0. The molecule has 1 amide bonds. The molecule has 8 heteroatoms. The van der Waals surface area contributed by atoms with Crippen LogP contribution < -0.4 is 15.8 Å². The van der Waals surface area contributed by atoms with Crippen LogP contribution in [0, 0.1) is 12.5 Å². The minimum atomic E-state index is -0.186. The van der Waals surface area contributed by atoms with Crippen LogP contribution in [0.3, 0.4) is 0 Å². The van der Waals surface area contributed by atoms with E-state index >= 15 is 0 Å². The first-order chi connectivity index (χ1) is 11.0. The molecule has 6 N–H and O–H groups in total. The number of carbonyl (C=O) groups excluding carboxylic acids is 1. The minimum absolute atomic E-state index is 0.186. The largest absolute Gasteiger partial charge is 0.495 e. The predicted molar refractivity (Wildman–Crippen MR) is 82.7 cm³/mol. The zero-order chi connectivity index (χ0) is 16.8. The molecule has 0 aliphatic heterocycles. The van der Waals surface area contributed by atoms with Crippen molar-refractivity contribution in [1.29, 1.82) is 5.53 Å². The maximum atomic E-state index is 10.9. The van der Waals surface area contributed by atoms with Crippen LogP contribution in [0.5, 0.6) is 5.75 Å². The SMILES string of the molecule is COc1cc(/C(=C/[NH2+]CC([NH3+])=O)N=N)ccc1-n1cnc(C)c1. The number of ether oxygens (including phenoxy) is 1. The third-order valence-electron chi connectivity index (χ3n) is 3.21. The summed E-state index contributed by atoms with van der Waals surface area (Å²) in [6.45, 7) is 2.12. The Morgan fingerprint density at radius 3 is 2.91 bits per heavy atom. The van der Waals surface area contributed by atoms with Crippen LogP contribution in [-0.2, 0) is 4.79 Å². The van der Waals surface area contributed by atoms with E-state index in [0.29, 0.717) is 11.4 Å². The number of methoxy groups -OCH3 is 1. The van der Waals surface area contributed by atoms with E-state index in [1.165, 1.54) is 0 Å². The quantitative estimate of drug-likeness (QED) is 0.615. The summed E-state index contributed by atoms with van der Waals surface area (Å²) in [5.41, 5.74) is 13.5. The first kappa shape index (κ1) is 16.5. The molecule has 0 bridgehead atoms. The standard InChI is InChI=1S/C15H18N6O2/c1-10-8-21(9-19-10)13-4-3-11(5-14(13)23-2)12(20-17)6-18-7-15(16)22/h3-6,8-9,17-18H,7H2,1-2H3,(H2,16,22)/p+2/b12-6-,20-17?. The van der Waals surface area contributed by atoms with Gasteiger partial charge in [0.1, 0.15) is 17.6 Å². The van der Waals surface area contributed by atoms with Gasteiger partial charge in [-0.1, -0.05) is 6.07 Å². The smallest absolute Gasteiger partial charge is 0.363 e. The van der Waals surface area contributed by atoms with Gasteiger partial charge in [-0.15, -0.1) is 0 Å². The molecular weight excluding hydrogens is 296 g/mol. The number of carbonyl (C=O) groups is 1. The molecule has 1 aromatic heterocycles. The second kappa shape index (κ2) is 7.43. The van der Waals surface area contributed by atoms with Gasteiger partial charge in [0.25, 0.3) is 0 Å². The summed E-state index contributed by atoms with van der Waals surface area (Å²) in [5, 5.41) is 5.15. The van der Waals surface area contributed by atoms with E-state index in [-0.39, 0.29) is 12.5 Å². The van der Waals surface area contributed by atoms with E-state index in [9.17, 15) is 4.79 Å². The first-order valence-corrected chi connectivity index (χ1v) is 7.00. The Kier molecular flexibility index (Phi) is 5.34. The monoisotopic (exact) mass is 316 g/mol. The van der Waals surface area contributed by atoms with Crippen molar-refractivity contribution in [3.8, 4) is 11.4 Å². The molecule has 120 valence electrons. The number of nitrogens with one attached hydrogen (secondary N) is 1. The maximum absolute atomic E-state index is 10.9. The fraction of sp³-hybridized carbons (Fsp3) is 0.200. The molecule has 1 aromatic carbocycles. The van der Waals surface area contributed by atoms with Crippen molar-refractivity contribution in [2.24, 2.45) is 5.11 Å². The fourth-order valence-electron chi connectivity index (χ4n) is 2.10. The molecule has 8 nitrogen and oxygen atoms in total. The van der Waals surface area contributed by atoms with Gasteiger partial charge in [-0.05, 0) is 19.1 Å². The highest BCUT2D eigenvalue weighted by molar-refractivity contribution is 5.67. The molecule has 0 spiro atoms. The third-order valence-corrected chi connectivity index (χ3v) is 3.21. The Labute approximate surface area is 133 Å². The average Bonchev–Trinajstić information content (AvgIpc) is 2.97. The van der Waals surface area contributed by atoms with E-state index in [1.807, 2.05) is 29.8 Å². The molecule has 0 fully saturated rings. The van der Waals surface area contributed by atoms with E-state index in [4.69, 9.17) is 10.3 Å². The molecule has 2 rings (SSSR count). The summed E-state index contributed by atoms with van der Waals surface area (Å²) in [4.78, 5) is 15.1. The molecule has 0 atom stereocenters. The molecule has 0 unspecified atom stereocenters. The fourth-order valence-corrected chi connectivity index (χ4v) is 2.10. The lowest BCUT2D eigenvalue weighted by atomic mass is 10.1. The molecule has 23 heavy (non-hydrogen) atoms. The number of aromatic nitrogens is 2. The lowest BCUT2D eigenvalue weighted by Gasteiger charge is -2.10. The summed E-state index contributed by atoms with van der Waals surface area (Å²) in [6.07, 6.45) is 5.24. The molecule has 0 aliphatic rings. The number of amides is 1. The molecule has 0 radical (unpaired) electrons. The van der Waals surface area contributed by atoms with Gasteiger partial charge < -0.3 is 14.6 Å². The Morgan fingerprint density at radius 1 is 1.57 bits per heavy atom. The topological polar surface area (TPSA) is 125 Å². The van der Waals surface area contributed by atoms with Crippen molar-refractivity contribution < 1.29 is 20.6 Å². The van der Waals surface area contributed by atoms with Crippen molar-refractivity contribution in [2.45, 2.75) is 6.92 Å². The average molecular weight is 316 g/mol. The summed E-state index contributed by atoms with van der Waals surface area (Å²) in [6, 6.07) is 5.52. The lowest BCUT2D eigenvalue weighted by molar-refractivity contribution is -0.584. The Balaban J connectivity index is 2.33. The highest BCUT2D eigenvalue weighted by Gasteiger charge is 2.11. The molecule has 0 saturated heterocycles. The van der Waals surface area contributed by atoms with Crippen molar-refractivity contribution in [3.63, 3.8) is 0 Å². The van der Waals surface area contributed by atoms with Crippen LogP contribution in [0.4, 0.5) is 0 Å². The van der Waals surface area contributed by atoms with Crippen molar-refractivity contribution in [3.05, 3.63) is 48.2 Å². The van der Waals surface area contributed by atoms with Crippen molar-refractivity contribution >= 4 is 11.6 Å². The summed E-state index contributed by atoms with van der Waals surface area (Å²) in [7, 11) is 1.58. The van der Waals surface area contributed by atoms with E-state index in [1.54, 1.807) is 31.0 Å². The van der Waals surface area contributed by atoms with Gasteiger partial charge in [-0.25, -0.2) is 15.3 Å². The third kappa shape index (κ3) is 4.09. The number of nitrogens with zero attached hydrogens (tertiary/aromatic N) is 3. The Hall–Kier alpha value is -2.84. The van der Waals surface area contributed by atoms with E-state index < -0.39 is 0 Å². The van der Waals surface area contributed by atoms with Crippen LogP contribution in [0.25, 0.3) is 11.4 Å². The maximum Gasteiger partial charge on any atom is 0.363 e. The lowest BCUT2D eigenvalue weighted by Crippen LogP contribution is -2.85.